The molecule has 1 aliphatic carbocycles. The lowest BCUT2D eigenvalue weighted by Crippen LogP contribution is -2.56. The molecule has 0 unspecified atom stereocenters. The molecule has 2 aliphatic rings. The third-order valence-corrected chi connectivity index (χ3v) is 5.39. The van der Waals surface area contributed by atoms with Gasteiger partial charge in [-0.1, -0.05) is 49.6 Å². The number of hydrogen-bond donors (Lipinski definition) is 1. The summed E-state index contributed by atoms with van der Waals surface area (Å²) in [6, 6.07) is 11.2. The van der Waals surface area contributed by atoms with Crippen LogP contribution in [0.5, 0.6) is 0 Å². The van der Waals surface area contributed by atoms with Crippen molar-refractivity contribution in [2.45, 2.75) is 37.6 Å². The standard InChI is InChI=1S/C18H28N2O.ClH/c21-16-15-19-11-13-20(14-12-19)18(9-5-2-6-10-18)17-7-3-1-4-8-17;/h1,3-4,7-8,21H,2,5-6,9-16H2;1H. The predicted molar refractivity (Wildman–Crippen MR) is 93.6 cm³/mol. The molecule has 4 heteroatoms. The molecule has 1 aromatic carbocycles. The molecular weight excluding hydrogens is 296 g/mol. The highest BCUT2D eigenvalue weighted by atomic mass is 35.5. The normalized spacial score (nSPS) is 23.0. The maximum Gasteiger partial charge on any atom is 0.0558 e. The topological polar surface area (TPSA) is 26.7 Å². The van der Waals surface area contributed by atoms with Crippen LogP contribution in [0.15, 0.2) is 30.3 Å². The van der Waals surface area contributed by atoms with Crippen LogP contribution in [0.4, 0.5) is 0 Å². The van der Waals surface area contributed by atoms with Gasteiger partial charge in [-0.15, -0.1) is 12.4 Å². The summed E-state index contributed by atoms with van der Waals surface area (Å²) in [5.41, 5.74) is 1.78. The fourth-order valence-electron chi connectivity index (χ4n) is 4.21. The van der Waals surface area contributed by atoms with E-state index in [9.17, 15) is 0 Å². The summed E-state index contributed by atoms with van der Waals surface area (Å²) < 4.78 is 0. The predicted octanol–water partition coefficient (Wildman–Crippen LogP) is 2.88. The minimum atomic E-state index is 0. The van der Waals surface area contributed by atoms with E-state index >= 15 is 0 Å². The molecule has 1 N–H and O–H groups in total. The summed E-state index contributed by atoms with van der Waals surface area (Å²) in [5.74, 6) is 0. The first-order valence-electron chi connectivity index (χ1n) is 8.49. The van der Waals surface area contributed by atoms with E-state index in [0.717, 1.165) is 32.7 Å². The Morgan fingerprint density at radius 1 is 0.909 bits per heavy atom. The zero-order chi connectivity index (χ0) is 14.5. The van der Waals surface area contributed by atoms with Crippen LogP contribution in [0.25, 0.3) is 0 Å². The van der Waals surface area contributed by atoms with Crippen LogP contribution in [-0.4, -0.2) is 54.2 Å². The van der Waals surface area contributed by atoms with Crippen molar-refractivity contribution in [2.24, 2.45) is 0 Å². The molecule has 0 spiro atoms. The van der Waals surface area contributed by atoms with E-state index in [2.05, 4.69) is 40.1 Å². The number of benzene rings is 1. The number of nitrogens with zero attached hydrogens (tertiary/aromatic N) is 2. The fourth-order valence-corrected chi connectivity index (χ4v) is 4.21. The van der Waals surface area contributed by atoms with Crippen molar-refractivity contribution in [3.05, 3.63) is 35.9 Å². The van der Waals surface area contributed by atoms with Gasteiger partial charge in [0.1, 0.15) is 0 Å². The van der Waals surface area contributed by atoms with Crippen molar-refractivity contribution in [1.82, 2.24) is 9.80 Å². The maximum atomic E-state index is 9.11. The summed E-state index contributed by atoms with van der Waals surface area (Å²) >= 11 is 0. The quantitative estimate of drug-likeness (QED) is 0.922. The third kappa shape index (κ3) is 3.65. The average molecular weight is 325 g/mol. The van der Waals surface area contributed by atoms with Crippen LogP contribution in [0.2, 0.25) is 0 Å². The number of hydrogen-bond acceptors (Lipinski definition) is 3. The fraction of sp³-hybridized carbons (Fsp3) is 0.667. The number of aliphatic hydroxyl groups is 1. The molecule has 1 aromatic rings. The lowest BCUT2D eigenvalue weighted by molar-refractivity contribution is 0.00102. The molecule has 1 saturated heterocycles. The monoisotopic (exact) mass is 324 g/mol. The highest BCUT2D eigenvalue weighted by Crippen LogP contribution is 2.42. The second-order valence-corrected chi connectivity index (χ2v) is 6.51. The van der Waals surface area contributed by atoms with E-state index in [-0.39, 0.29) is 24.6 Å². The minimum Gasteiger partial charge on any atom is -0.395 e. The SMILES string of the molecule is Cl.OCCN1CCN(C2(c3ccccc3)CCCCC2)CC1. The second kappa shape index (κ2) is 8.30. The lowest BCUT2D eigenvalue weighted by Gasteiger charge is -2.50. The van der Waals surface area contributed by atoms with E-state index in [1.54, 1.807) is 0 Å². The Bertz CT molecular complexity index is 426. The number of halogens is 1. The van der Waals surface area contributed by atoms with Crippen molar-refractivity contribution in [2.75, 3.05) is 39.3 Å². The van der Waals surface area contributed by atoms with Gasteiger partial charge in [-0.05, 0) is 18.4 Å². The number of piperazine rings is 1. The summed E-state index contributed by atoms with van der Waals surface area (Å²) in [6.07, 6.45) is 6.70. The van der Waals surface area contributed by atoms with Crippen molar-refractivity contribution < 1.29 is 5.11 Å². The Labute approximate surface area is 140 Å². The molecule has 0 atom stereocenters. The largest absolute Gasteiger partial charge is 0.395 e. The molecule has 1 heterocycles. The average Bonchev–Trinajstić information content (AvgIpc) is 2.57. The van der Waals surface area contributed by atoms with Gasteiger partial charge >= 0.3 is 0 Å². The van der Waals surface area contributed by atoms with Crippen molar-refractivity contribution in [3.63, 3.8) is 0 Å². The Balaban J connectivity index is 0.00000176. The molecular formula is C18H29ClN2O. The smallest absolute Gasteiger partial charge is 0.0558 e. The number of aliphatic hydroxyl groups excluding tert-OH is 1. The van der Waals surface area contributed by atoms with Gasteiger partial charge < -0.3 is 5.11 Å². The van der Waals surface area contributed by atoms with E-state index in [1.165, 1.54) is 37.7 Å². The van der Waals surface area contributed by atoms with Gasteiger partial charge in [-0.2, -0.15) is 0 Å². The van der Waals surface area contributed by atoms with Crippen LogP contribution in [0, 0.1) is 0 Å². The van der Waals surface area contributed by atoms with E-state index in [1.807, 2.05) is 0 Å². The number of rotatable bonds is 4. The Morgan fingerprint density at radius 3 is 2.14 bits per heavy atom. The third-order valence-electron chi connectivity index (χ3n) is 5.39. The molecule has 0 bridgehead atoms. The van der Waals surface area contributed by atoms with E-state index < -0.39 is 0 Å². The molecule has 2 fully saturated rings. The molecule has 0 radical (unpaired) electrons. The molecule has 0 aromatic heterocycles. The summed E-state index contributed by atoms with van der Waals surface area (Å²) in [4.78, 5) is 5.12. The Hall–Kier alpha value is -0.610. The van der Waals surface area contributed by atoms with Gasteiger partial charge in [0.25, 0.3) is 0 Å². The van der Waals surface area contributed by atoms with Gasteiger partial charge in [0.2, 0.25) is 0 Å². The summed E-state index contributed by atoms with van der Waals surface area (Å²) in [5, 5.41) is 9.11. The molecule has 22 heavy (non-hydrogen) atoms. The molecule has 3 rings (SSSR count). The molecule has 1 aliphatic heterocycles. The van der Waals surface area contributed by atoms with Gasteiger partial charge in [-0.3, -0.25) is 9.80 Å². The van der Waals surface area contributed by atoms with E-state index in [0.29, 0.717) is 0 Å². The van der Waals surface area contributed by atoms with E-state index in [4.69, 9.17) is 5.11 Å². The highest BCUT2D eigenvalue weighted by molar-refractivity contribution is 5.85. The van der Waals surface area contributed by atoms with Crippen molar-refractivity contribution >= 4 is 12.4 Å². The Kier molecular flexibility index (Phi) is 6.69. The van der Waals surface area contributed by atoms with Crippen LogP contribution < -0.4 is 0 Å². The first kappa shape index (κ1) is 17.7. The van der Waals surface area contributed by atoms with Crippen LogP contribution in [0.1, 0.15) is 37.7 Å². The molecule has 1 saturated carbocycles. The van der Waals surface area contributed by atoms with Crippen LogP contribution in [0.3, 0.4) is 0 Å². The number of β-amino-alcohol motifs (C(OH)–C–C–N with tert-alkyl or cyclic N) is 1. The summed E-state index contributed by atoms with van der Waals surface area (Å²) in [6.45, 7) is 5.56. The Morgan fingerprint density at radius 2 is 1.55 bits per heavy atom. The zero-order valence-electron chi connectivity index (χ0n) is 13.4. The minimum absolute atomic E-state index is 0. The van der Waals surface area contributed by atoms with Crippen LogP contribution >= 0.6 is 12.4 Å². The molecule has 0 amide bonds. The van der Waals surface area contributed by atoms with Crippen LogP contribution in [-0.2, 0) is 5.54 Å². The van der Waals surface area contributed by atoms with Crippen molar-refractivity contribution in [1.29, 1.82) is 0 Å². The highest BCUT2D eigenvalue weighted by Gasteiger charge is 2.40. The van der Waals surface area contributed by atoms with Gasteiger partial charge in [0, 0.05) is 38.3 Å². The first-order valence-corrected chi connectivity index (χ1v) is 8.49. The van der Waals surface area contributed by atoms with Gasteiger partial charge in [-0.25, -0.2) is 0 Å². The van der Waals surface area contributed by atoms with Gasteiger partial charge in [0.15, 0.2) is 0 Å². The first-order chi connectivity index (χ1) is 10.3. The van der Waals surface area contributed by atoms with Gasteiger partial charge in [0.05, 0.1) is 6.61 Å². The maximum absolute atomic E-state index is 9.11. The summed E-state index contributed by atoms with van der Waals surface area (Å²) in [7, 11) is 0. The lowest BCUT2D eigenvalue weighted by atomic mass is 9.75. The second-order valence-electron chi connectivity index (χ2n) is 6.51. The molecule has 3 nitrogen and oxygen atoms in total. The zero-order valence-corrected chi connectivity index (χ0v) is 14.2. The molecule has 124 valence electrons. The van der Waals surface area contributed by atoms with Crippen molar-refractivity contribution in [3.8, 4) is 0 Å².